The first kappa shape index (κ1) is 18.9. The zero-order valence-corrected chi connectivity index (χ0v) is 17.4. The van der Waals surface area contributed by atoms with Crippen molar-refractivity contribution in [2.75, 3.05) is 42.6 Å². The molecule has 2 aromatic heterocycles. The van der Waals surface area contributed by atoms with Crippen molar-refractivity contribution in [2.24, 2.45) is 0 Å². The number of aromatic nitrogens is 2. The largest absolute Gasteiger partial charge is 0.353 e. The highest BCUT2D eigenvalue weighted by Crippen LogP contribution is 2.38. The Bertz CT molecular complexity index is 1140. The quantitative estimate of drug-likeness (QED) is 0.634. The number of halogens is 1. The fourth-order valence-electron chi connectivity index (χ4n) is 4.30. The van der Waals surface area contributed by atoms with E-state index in [-0.39, 0.29) is 17.6 Å². The van der Waals surface area contributed by atoms with E-state index in [9.17, 15) is 12.8 Å². The Labute approximate surface area is 172 Å². The third-order valence-corrected chi connectivity index (χ3v) is 8.48. The number of nitrogens with zero attached hydrogens (tertiary/aromatic N) is 4. The van der Waals surface area contributed by atoms with Gasteiger partial charge in [-0.1, -0.05) is 12.1 Å². The molecule has 2 aliphatic heterocycles. The van der Waals surface area contributed by atoms with Crippen LogP contribution >= 0.6 is 11.3 Å². The summed E-state index contributed by atoms with van der Waals surface area (Å²) in [5, 5.41) is 3.05. The number of hydrogen-bond donors (Lipinski definition) is 0. The van der Waals surface area contributed by atoms with Gasteiger partial charge in [0.25, 0.3) is 0 Å². The molecule has 0 saturated carbocycles. The Morgan fingerprint density at radius 3 is 2.52 bits per heavy atom. The second kappa shape index (κ2) is 7.30. The van der Waals surface area contributed by atoms with Crippen molar-refractivity contribution in [1.29, 1.82) is 0 Å². The molecule has 2 fully saturated rings. The van der Waals surface area contributed by atoms with Crippen molar-refractivity contribution in [3.63, 3.8) is 0 Å². The minimum atomic E-state index is -2.87. The van der Waals surface area contributed by atoms with Crippen LogP contribution in [0.15, 0.2) is 36.0 Å². The van der Waals surface area contributed by atoms with Gasteiger partial charge in [0.2, 0.25) is 0 Å². The van der Waals surface area contributed by atoms with E-state index in [1.807, 2.05) is 0 Å². The molecule has 2 aliphatic rings. The average molecular weight is 433 g/mol. The lowest BCUT2D eigenvalue weighted by molar-refractivity contribution is 0.200. The van der Waals surface area contributed by atoms with Gasteiger partial charge < -0.3 is 4.90 Å². The van der Waals surface area contributed by atoms with Crippen molar-refractivity contribution in [3.05, 3.63) is 41.8 Å². The highest BCUT2D eigenvalue weighted by atomic mass is 32.2. The molecule has 4 heterocycles. The normalized spacial score (nSPS) is 22.4. The van der Waals surface area contributed by atoms with E-state index in [0.29, 0.717) is 5.75 Å². The minimum absolute atomic E-state index is 0.142. The molecule has 0 radical (unpaired) electrons. The Hall–Kier alpha value is -2.10. The molecule has 5 rings (SSSR count). The number of fused-ring (bicyclic) bond motifs is 1. The predicted octanol–water partition coefficient (Wildman–Crippen LogP) is 2.81. The number of sulfone groups is 1. The molecule has 152 valence electrons. The predicted molar refractivity (Wildman–Crippen MR) is 114 cm³/mol. The van der Waals surface area contributed by atoms with Crippen LogP contribution in [-0.2, 0) is 9.84 Å². The van der Waals surface area contributed by atoms with E-state index in [2.05, 4.69) is 25.1 Å². The molecule has 6 nitrogen and oxygen atoms in total. The number of thiophene rings is 1. The first-order valence-corrected chi connectivity index (χ1v) is 12.4. The summed E-state index contributed by atoms with van der Waals surface area (Å²) in [4.78, 5) is 14.5. The van der Waals surface area contributed by atoms with Crippen molar-refractivity contribution < 1.29 is 12.8 Å². The molecule has 1 aromatic carbocycles. The molecule has 0 aliphatic carbocycles. The van der Waals surface area contributed by atoms with Crippen LogP contribution in [0, 0.1) is 5.82 Å². The van der Waals surface area contributed by atoms with Crippen LogP contribution in [0.25, 0.3) is 21.3 Å². The average Bonchev–Trinajstić information content (AvgIpc) is 3.32. The summed E-state index contributed by atoms with van der Waals surface area (Å²) in [5.74, 6) is 1.23. The summed E-state index contributed by atoms with van der Waals surface area (Å²) in [6, 6.07) is 6.65. The minimum Gasteiger partial charge on any atom is -0.353 e. The van der Waals surface area contributed by atoms with Crippen molar-refractivity contribution in [2.45, 2.75) is 12.5 Å². The third kappa shape index (κ3) is 3.62. The summed E-state index contributed by atoms with van der Waals surface area (Å²) in [7, 11) is -2.87. The van der Waals surface area contributed by atoms with Gasteiger partial charge in [-0.2, -0.15) is 0 Å². The maximum Gasteiger partial charge on any atom is 0.151 e. The third-order valence-electron chi connectivity index (χ3n) is 5.84. The van der Waals surface area contributed by atoms with Crippen LogP contribution in [0.5, 0.6) is 0 Å². The summed E-state index contributed by atoms with van der Waals surface area (Å²) >= 11 is 1.56. The van der Waals surface area contributed by atoms with Crippen LogP contribution in [0.3, 0.4) is 0 Å². The monoisotopic (exact) mass is 432 g/mol. The van der Waals surface area contributed by atoms with Gasteiger partial charge in [-0.3, -0.25) is 4.90 Å². The lowest BCUT2D eigenvalue weighted by atomic mass is 10.1. The highest BCUT2D eigenvalue weighted by Gasteiger charge is 2.34. The number of rotatable bonds is 3. The maximum atomic E-state index is 13.4. The van der Waals surface area contributed by atoms with Crippen LogP contribution in [0.2, 0.25) is 0 Å². The number of hydrogen-bond acceptors (Lipinski definition) is 7. The van der Waals surface area contributed by atoms with Gasteiger partial charge in [0, 0.05) is 43.2 Å². The Kier molecular flexibility index (Phi) is 4.76. The maximum absolute atomic E-state index is 13.4. The number of piperazine rings is 1. The first-order valence-electron chi connectivity index (χ1n) is 9.68. The number of anilines is 1. The highest BCUT2D eigenvalue weighted by molar-refractivity contribution is 7.91. The first-order chi connectivity index (χ1) is 14.0. The van der Waals surface area contributed by atoms with Crippen molar-refractivity contribution >= 4 is 37.2 Å². The molecule has 1 atom stereocenters. The van der Waals surface area contributed by atoms with E-state index in [0.717, 1.165) is 59.8 Å². The van der Waals surface area contributed by atoms with Crippen LogP contribution in [0.4, 0.5) is 10.2 Å². The van der Waals surface area contributed by atoms with E-state index < -0.39 is 9.84 Å². The van der Waals surface area contributed by atoms with E-state index in [4.69, 9.17) is 0 Å². The fraction of sp³-hybridized carbons (Fsp3) is 0.400. The molecular weight excluding hydrogens is 411 g/mol. The molecule has 3 aromatic rings. The summed E-state index contributed by atoms with van der Waals surface area (Å²) in [6.45, 7) is 3.23. The van der Waals surface area contributed by atoms with E-state index >= 15 is 0 Å². The van der Waals surface area contributed by atoms with Gasteiger partial charge in [0.15, 0.2) is 9.84 Å². The summed E-state index contributed by atoms with van der Waals surface area (Å²) < 4.78 is 37.0. The molecule has 0 spiro atoms. The Balaban J connectivity index is 1.41. The van der Waals surface area contributed by atoms with E-state index in [1.54, 1.807) is 29.8 Å². The molecule has 0 bridgehead atoms. The van der Waals surface area contributed by atoms with Gasteiger partial charge in [0.1, 0.15) is 22.8 Å². The smallest absolute Gasteiger partial charge is 0.151 e. The second-order valence-electron chi connectivity index (χ2n) is 7.61. The molecule has 1 unspecified atom stereocenters. The number of benzene rings is 1. The second-order valence-corrected chi connectivity index (χ2v) is 10.7. The molecule has 0 N–H and O–H groups in total. The molecule has 0 amide bonds. The van der Waals surface area contributed by atoms with Crippen LogP contribution < -0.4 is 4.90 Å². The summed E-state index contributed by atoms with van der Waals surface area (Å²) in [5.41, 5.74) is 1.97. The lowest BCUT2D eigenvalue weighted by Gasteiger charge is -2.38. The van der Waals surface area contributed by atoms with Gasteiger partial charge >= 0.3 is 0 Å². The van der Waals surface area contributed by atoms with Gasteiger partial charge in [-0.25, -0.2) is 22.8 Å². The standard InChI is InChI=1S/C20H21FN4O2S2/c21-15-3-1-14(2-4-15)17-11-28-20-18(17)19(22-13-23-20)25-8-6-24(7-9-25)16-5-10-29(26,27)12-16/h1-4,11,13,16H,5-10,12H2. The van der Waals surface area contributed by atoms with Gasteiger partial charge in [-0.05, 0) is 24.1 Å². The Morgan fingerprint density at radius 1 is 1.07 bits per heavy atom. The van der Waals surface area contributed by atoms with Gasteiger partial charge in [0.05, 0.1) is 16.9 Å². The van der Waals surface area contributed by atoms with Crippen molar-refractivity contribution in [1.82, 2.24) is 14.9 Å². The SMILES string of the molecule is O=S1(=O)CCC(N2CCN(c3ncnc4scc(-c5ccc(F)cc5)c34)CC2)C1. The molecule has 29 heavy (non-hydrogen) atoms. The van der Waals surface area contributed by atoms with E-state index in [1.165, 1.54) is 12.1 Å². The molecule has 9 heteroatoms. The summed E-state index contributed by atoms with van der Waals surface area (Å²) in [6.07, 6.45) is 2.33. The fourth-order valence-corrected chi connectivity index (χ4v) is 6.98. The molecule has 2 saturated heterocycles. The van der Waals surface area contributed by atoms with Crippen LogP contribution in [0.1, 0.15) is 6.42 Å². The Morgan fingerprint density at radius 2 is 1.83 bits per heavy atom. The molecular formula is C20H21FN4O2S2. The lowest BCUT2D eigenvalue weighted by Crippen LogP contribution is -2.51. The van der Waals surface area contributed by atoms with Crippen molar-refractivity contribution in [3.8, 4) is 11.1 Å². The zero-order chi connectivity index (χ0) is 20.0. The van der Waals surface area contributed by atoms with Crippen LogP contribution in [-0.4, -0.2) is 67.0 Å². The zero-order valence-electron chi connectivity index (χ0n) is 15.8. The van der Waals surface area contributed by atoms with Gasteiger partial charge in [-0.15, -0.1) is 11.3 Å². The topological polar surface area (TPSA) is 66.4 Å².